The minimum absolute atomic E-state index is 0.0173. The highest BCUT2D eigenvalue weighted by Gasteiger charge is 2.40. The number of Topliss-reactive ketones (excluding diaryl/α,β-unsaturated/α-hetero) is 2. The van der Waals surface area contributed by atoms with Crippen molar-refractivity contribution in [1.82, 2.24) is 10.6 Å². The number of hydrogen-bond acceptors (Lipinski definition) is 16. The number of rotatable bonds is 27. The summed E-state index contributed by atoms with van der Waals surface area (Å²) in [6.07, 6.45) is 3.28. The number of carbonyl (C=O) groups excluding carboxylic acids is 7. The van der Waals surface area contributed by atoms with Crippen molar-refractivity contribution in [3.63, 3.8) is 0 Å². The van der Waals surface area contributed by atoms with E-state index in [-0.39, 0.29) is 98.5 Å². The zero-order valence-electron chi connectivity index (χ0n) is 49.6. The lowest BCUT2D eigenvalue weighted by atomic mass is 9.99. The van der Waals surface area contributed by atoms with Crippen LogP contribution in [0.1, 0.15) is 119 Å². The van der Waals surface area contributed by atoms with E-state index in [0.717, 1.165) is 65.7 Å². The fourth-order valence-corrected chi connectivity index (χ4v) is 15.4. The number of carbonyl (C=O) groups is 7. The van der Waals surface area contributed by atoms with Crippen LogP contribution in [0.15, 0.2) is 91.0 Å². The predicted octanol–water partition coefficient (Wildman–Crippen LogP) is 8.88. The number of methoxy groups -OCH3 is 1. The lowest BCUT2D eigenvalue weighted by Gasteiger charge is -2.25. The largest absolute Gasteiger partial charge is 0.493 e. The van der Waals surface area contributed by atoms with Gasteiger partial charge in [0, 0.05) is 98.0 Å². The molecule has 0 radical (unpaired) electrons. The Labute approximate surface area is 510 Å². The van der Waals surface area contributed by atoms with Crippen LogP contribution in [0.25, 0.3) is 0 Å². The molecule has 0 aliphatic carbocycles. The maximum Gasteiger partial charge on any atom is 0.279 e. The summed E-state index contributed by atoms with van der Waals surface area (Å²) in [4.78, 5) is 98.6. The maximum atomic E-state index is 14.2. The summed E-state index contributed by atoms with van der Waals surface area (Å²) in [5, 5.41) is 6.53. The first-order chi connectivity index (χ1) is 41.1. The van der Waals surface area contributed by atoms with E-state index in [1.165, 1.54) is 35.7 Å². The van der Waals surface area contributed by atoms with Gasteiger partial charge in [-0.25, -0.2) is 0 Å². The molecule has 4 aliphatic heterocycles. The van der Waals surface area contributed by atoms with Gasteiger partial charge in [0.25, 0.3) is 21.9 Å². The quantitative estimate of drug-likeness (QED) is 0.0253. The number of aryl methyl sites for hydroxylation is 2. The average Bonchev–Trinajstić information content (AvgIpc) is 1.69. The van der Waals surface area contributed by atoms with Crippen molar-refractivity contribution in [2.24, 2.45) is 0 Å². The second-order valence-electron chi connectivity index (χ2n) is 22.8. The van der Waals surface area contributed by atoms with E-state index in [1.807, 2.05) is 98.3 Å². The molecule has 9 rings (SSSR count). The van der Waals surface area contributed by atoms with Gasteiger partial charge in [0.2, 0.25) is 17.7 Å². The lowest BCUT2D eigenvalue weighted by Crippen LogP contribution is -2.41. The van der Waals surface area contributed by atoms with E-state index in [9.17, 15) is 42.0 Å². The van der Waals surface area contributed by atoms with Crippen LogP contribution in [0.4, 0.5) is 22.7 Å². The van der Waals surface area contributed by atoms with Crippen molar-refractivity contribution in [2.75, 3.05) is 67.2 Å². The molecule has 1 unspecified atom stereocenters. The molecule has 5 amide bonds. The Morgan fingerprint density at radius 2 is 1.34 bits per heavy atom. The Morgan fingerprint density at radius 3 is 2.01 bits per heavy atom. The van der Waals surface area contributed by atoms with Crippen LogP contribution in [0.2, 0.25) is 0 Å². The molecule has 0 spiro atoms. The molecule has 3 atom stereocenters. The third-order valence-electron chi connectivity index (χ3n) is 16.1. The van der Waals surface area contributed by atoms with E-state index in [0.29, 0.717) is 70.3 Å². The van der Waals surface area contributed by atoms with E-state index in [2.05, 4.69) is 37.2 Å². The molecule has 86 heavy (non-hydrogen) atoms. The van der Waals surface area contributed by atoms with E-state index in [1.54, 1.807) is 18.2 Å². The molecule has 5 aromatic carbocycles. The first-order valence-corrected chi connectivity index (χ1v) is 32.6. The molecule has 0 saturated heterocycles. The van der Waals surface area contributed by atoms with Crippen LogP contribution in [-0.4, -0.2) is 119 Å². The summed E-state index contributed by atoms with van der Waals surface area (Å²) < 4.78 is 47.5. The molecule has 4 aliphatic rings. The fraction of sp³-hybridized carbons (Fsp3) is 0.422. The lowest BCUT2D eigenvalue weighted by molar-refractivity contribution is -0.127. The Bertz CT molecular complexity index is 3560. The standard InChI is InChI=1S/C64H74N6O13S3/c1-39-26-51-54(68(5)36-47-31-44-13-9-11-15-53(44)70(47)63(51)77)34-55(39)82-37-40-27-41(38-83-57-32-42-16-17-46-30-43-12-8-10-14-52(43)69(46)62(76)50(42)33-56(57)80-6)29-45(28-40)67-60(74)21-19-49(72)35-66-59(73)20-18-48(71)22-24-64(2,3)85-84-25-23-58(61(75)65-4)86(78,79)81-7/h8-15,26-29,32-34,46-47,58H,16-25,30-31,35-38H2,1-7H3,(H,65,75)(H,66,73)(H,67,74)/t46-,47+,58?/m1/s1. The van der Waals surface area contributed by atoms with Gasteiger partial charge in [-0.05, 0) is 141 Å². The zero-order chi connectivity index (χ0) is 61.5. The van der Waals surface area contributed by atoms with Crippen molar-refractivity contribution in [3.05, 3.63) is 136 Å². The smallest absolute Gasteiger partial charge is 0.279 e. The second-order valence-corrected chi connectivity index (χ2v) is 27.8. The maximum absolute atomic E-state index is 14.2. The van der Waals surface area contributed by atoms with Gasteiger partial charge in [-0.15, -0.1) is 0 Å². The van der Waals surface area contributed by atoms with E-state index < -0.39 is 33.1 Å². The summed E-state index contributed by atoms with van der Waals surface area (Å²) in [7, 11) is 4.71. The number of nitrogens with one attached hydrogen (secondary N) is 3. The van der Waals surface area contributed by atoms with Crippen molar-refractivity contribution < 1.29 is 60.4 Å². The summed E-state index contributed by atoms with van der Waals surface area (Å²) in [5.74, 6) is -0.408. The molecule has 22 heteroatoms. The molecule has 5 aromatic rings. The minimum Gasteiger partial charge on any atom is -0.493 e. The summed E-state index contributed by atoms with van der Waals surface area (Å²) >= 11 is 0. The number of para-hydroxylation sites is 2. The van der Waals surface area contributed by atoms with Gasteiger partial charge in [-0.3, -0.25) is 37.7 Å². The number of anilines is 4. The number of ketones is 2. The molecule has 3 N–H and O–H groups in total. The number of hydrogen-bond donors (Lipinski definition) is 3. The van der Waals surface area contributed by atoms with Gasteiger partial charge in [-0.1, -0.05) is 58.0 Å². The van der Waals surface area contributed by atoms with Crippen molar-refractivity contribution in [1.29, 1.82) is 0 Å². The summed E-state index contributed by atoms with van der Waals surface area (Å²) in [5.41, 5.74) is 9.53. The Hall–Kier alpha value is -7.40. The van der Waals surface area contributed by atoms with Crippen molar-refractivity contribution in [2.45, 2.75) is 127 Å². The Balaban J connectivity index is 0.813. The number of ether oxygens (including phenoxy) is 3. The highest BCUT2D eigenvalue weighted by atomic mass is 33.1. The van der Waals surface area contributed by atoms with Crippen LogP contribution in [0, 0.1) is 6.92 Å². The molecule has 4 heterocycles. The average molecular weight is 1230 g/mol. The molecular weight excluding hydrogens is 1160 g/mol. The van der Waals surface area contributed by atoms with Crippen LogP contribution in [-0.2, 0) is 70.8 Å². The minimum atomic E-state index is -4.06. The van der Waals surface area contributed by atoms with Crippen LogP contribution >= 0.6 is 21.6 Å². The van der Waals surface area contributed by atoms with Crippen molar-refractivity contribution in [3.8, 4) is 17.2 Å². The Morgan fingerprint density at radius 1 is 0.709 bits per heavy atom. The number of amides is 5. The highest BCUT2D eigenvalue weighted by molar-refractivity contribution is 8.77. The molecular formula is C64H74N6O13S3. The third kappa shape index (κ3) is 14.9. The first kappa shape index (κ1) is 63.1. The van der Waals surface area contributed by atoms with Gasteiger partial charge >= 0.3 is 0 Å². The van der Waals surface area contributed by atoms with Crippen LogP contribution in [0.5, 0.6) is 17.2 Å². The van der Waals surface area contributed by atoms with Gasteiger partial charge in [0.1, 0.15) is 24.7 Å². The molecule has 0 fully saturated rings. The van der Waals surface area contributed by atoms with E-state index >= 15 is 0 Å². The molecule has 0 saturated carbocycles. The van der Waals surface area contributed by atoms with Gasteiger partial charge in [0.15, 0.2) is 22.5 Å². The zero-order valence-corrected chi connectivity index (χ0v) is 52.0. The monoisotopic (exact) mass is 1230 g/mol. The molecule has 0 bridgehead atoms. The normalized spacial score (nSPS) is 16.3. The van der Waals surface area contributed by atoms with Gasteiger partial charge < -0.3 is 44.9 Å². The second kappa shape index (κ2) is 27.5. The van der Waals surface area contributed by atoms with Crippen LogP contribution in [0.3, 0.4) is 0 Å². The molecule has 19 nitrogen and oxygen atoms in total. The molecule has 0 aromatic heterocycles. The third-order valence-corrected chi connectivity index (χ3v) is 21.1. The SMILES string of the molecule is CNC(=O)C(CCSSC(C)(C)CCC(=O)CCC(=O)NCC(=O)CCC(=O)Nc1cc(COc2cc3c(cc2C)C(=O)N2c4ccccc4C[C@H]2CN3C)cc(COc2cc3c(cc2OC)C(=O)N2c4ccccc4C[C@H]2CC3)c1)S(=O)(=O)OC. The fourth-order valence-electron chi connectivity index (χ4n) is 11.5. The molecule has 456 valence electrons. The van der Waals surface area contributed by atoms with Crippen molar-refractivity contribution >= 4 is 95.6 Å². The summed E-state index contributed by atoms with van der Waals surface area (Å²) in [6, 6.07) is 29.0. The topological polar surface area (TPSA) is 236 Å². The number of nitrogens with zero attached hydrogens (tertiary/aromatic N) is 3. The Kier molecular flexibility index (Phi) is 20.2. The first-order valence-electron chi connectivity index (χ1n) is 28.9. The number of likely N-dealkylation sites (N-methyl/N-ethyl adjacent to an activating group) is 1. The van der Waals surface area contributed by atoms with E-state index in [4.69, 9.17) is 14.2 Å². The predicted molar refractivity (Wildman–Crippen MR) is 334 cm³/mol. The highest BCUT2D eigenvalue weighted by Crippen LogP contribution is 2.43. The van der Waals surface area contributed by atoms with Gasteiger partial charge in [0.05, 0.1) is 38.1 Å². The van der Waals surface area contributed by atoms with Crippen LogP contribution < -0.4 is 44.9 Å². The summed E-state index contributed by atoms with van der Waals surface area (Å²) in [6.45, 7) is 6.25. The number of fused-ring (bicyclic) bond motifs is 8. The number of benzene rings is 5. The van der Waals surface area contributed by atoms with Gasteiger partial charge in [-0.2, -0.15) is 8.42 Å².